The van der Waals surface area contributed by atoms with Crippen LogP contribution in [0.4, 0.5) is 0 Å². The molecule has 4 nitrogen and oxygen atoms in total. The summed E-state index contributed by atoms with van der Waals surface area (Å²) in [5.74, 6) is 1.69. The second-order valence-electron chi connectivity index (χ2n) is 4.91. The van der Waals surface area contributed by atoms with E-state index in [1.54, 1.807) is 25.3 Å². The van der Waals surface area contributed by atoms with E-state index in [-0.39, 0.29) is 6.10 Å². The van der Waals surface area contributed by atoms with Crippen molar-refractivity contribution >= 4 is 0 Å². The van der Waals surface area contributed by atoms with Gasteiger partial charge in [-0.05, 0) is 37.9 Å². The Morgan fingerprint density at radius 3 is 2.84 bits per heavy atom. The van der Waals surface area contributed by atoms with Gasteiger partial charge >= 0.3 is 0 Å². The molecule has 1 fully saturated rings. The highest BCUT2D eigenvalue weighted by molar-refractivity contribution is 5.47. The molecule has 0 aromatic heterocycles. The van der Waals surface area contributed by atoms with Gasteiger partial charge in [-0.1, -0.05) is 6.42 Å². The van der Waals surface area contributed by atoms with E-state index in [2.05, 4.69) is 6.07 Å². The quantitative estimate of drug-likeness (QED) is 0.903. The Kier molecular flexibility index (Phi) is 4.64. The van der Waals surface area contributed by atoms with E-state index >= 15 is 0 Å². The van der Waals surface area contributed by atoms with Gasteiger partial charge in [-0.15, -0.1) is 0 Å². The normalized spacial score (nSPS) is 22.6. The highest BCUT2D eigenvalue weighted by Gasteiger charge is 2.26. The molecule has 1 aromatic carbocycles. The Morgan fingerprint density at radius 1 is 1.37 bits per heavy atom. The first kappa shape index (κ1) is 13.7. The van der Waals surface area contributed by atoms with Gasteiger partial charge < -0.3 is 15.2 Å². The largest absolute Gasteiger partial charge is 0.497 e. The SMILES string of the molecule is COc1ccc(C#N)c(OC2CCCCC2CN)c1. The maximum atomic E-state index is 9.14. The summed E-state index contributed by atoms with van der Waals surface area (Å²) in [6, 6.07) is 7.44. The van der Waals surface area contributed by atoms with Gasteiger partial charge in [0.1, 0.15) is 23.7 Å². The van der Waals surface area contributed by atoms with Crippen LogP contribution in [0.1, 0.15) is 31.2 Å². The molecule has 1 saturated carbocycles. The van der Waals surface area contributed by atoms with Crippen LogP contribution in [0.15, 0.2) is 18.2 Å². The third kappa shape index (κ3) is 3.18. The standard InChI is InChI=1S/C15H20N2O2/c1-18-13-7-6-12(10-17)15(8-13)19-14-5-3-2-4-11(14)9-16/h6-8,11,14H,2-5,9,16H2,1H3. The minimum Gasteiger partial charge on any atom is -0.497 e. The van der Waals surface area contributed by atoms with Gasteiger partial charge in [0.15, 0.2) is 0 Å². The van der Waals surface area contributed by atoms with E-state index in [0.29, 0.717) is 29.5 Å². The molecular weight excluding hydrogens is 240 g/mol. The van der Waals surface area contributed by atoms with Crippen molar-refractivity contribution in [3.05, 3.63) is 23.8 Å². The molecule has 19 heavy (non-hydrogen) atoms. The Bertz CT molecular complexity index is 468. The molecule has 0 bridgehead atoms. The second-order valence-corrected chi connectivity index (χ2v) is 4.91. The summed E-state index contributed by atoms with van der Waals surface area (Å²) in [4.78, 5) is 0. The average molecular weight is 260 g/mol. The molecule has 4 heteroatoms. The van der Waals surface area contributed by atoms with Gasteiger partial charge in [0.05, 0.1) is 12.7 Å². The smallest absolute Gasteiger partial charge is 0.141 e. The average Bonchev–Trinajstić information content (AvgIpc) is 2.47. The number of hydrogen-bond donors (Lipinski definition) is 1. The second kappa shape index (κ2) is 6.44. The minimum absolute atomic E-state index is 0.109. The predicted octanol–water partition coefficient (Wildman–Crippen LogP) is 2.46. The zero-order valence-electron chi connectivity index (χ0n) is 11.3. The Labute approximate surface area is 114 Å². The Morgan fingerprint density at radius 2 is 2.16 bits per heavy atom. The highest BCUT2D eigenvalue weighted by atomic mass is 16.5. The first-order chi connectivity index (χ1) is 9.28. The van der Waals surface area contributed by atoms with E-state index in [1.807, 2.05) is 0 Å². The molecule has 102 valence electrons. The highest BCUT2D eigenvalue weighted by Crippen LogP contribution is 2.31. The van der Waals surface area contributed by atoms with Crippen LogP contribution in [0, 0.1) is 17.2 Å². The van der Waals surface area contributed by atoms with E-state index in [9.17, 15) is 0 Å². The van der Waals surface area contributed by atoms with E-state index in [0.717, 1.165) is 19.3 Å². The summed E-state index contributed by atoms with van der Waals surface area (Å²) in [6.45, 7) is 0.635. The first-order valence-electron chi connectivity index (χ1n) is 6.73. The van der Waals surface area contributed by atoms with Crippen molar-refractivity contribution in [2.24, 2.45) is 11.7 Å². The van der Waals surface area contributed by atoms with Gasteiger partial charge in [-0.3, -0.25) is 0 Å². The first-order valence-corrected chi connectivity index (χ1v) is 6.73. The minimum atomic E-state index is 0.109. The monoisotopic (exact) mass is 260 g/mol. The van der Waals surface area contributed by atoms with Crippen molar-refractivity contribution in [1.29, 1.82) is 5.26 Å². The van der Waals surface area contributed by atoms with Crippen molar-refractivity contribution in [1.82, 2.24) is 0 Å². The van der Waals surface area contributed by atoms with Crippen LogP contribution in [0.5, 0.6) is 11.5 Å². The fourth-order valence-electron chi connectivity index (χ4n) is 2.58. The van der Waals surface area contributed by atoms with Crippen molar-refractivity contribution in [3.63, 3.8) is 0 Å². The van der Waals surface area contributed by atoms with E-state index in [4.69, 9.17) is 20.5 Å². The third-order valence-electron chi connectivity index (χ3n) is 3.73. The fraction of sp³-hybridized carbons (Fsp3) is 0.533. The molecule has 0 heterocycles. The van der Waals surface area contributed by atoms with Crippen LogP contribution in [0.2, 0.25) is 0 Å². The lowest BCUT2D eigenvalue weighted by Gasteiger charge is -2.31. The van der Waals surface area contributed by atoms with Gasteiger partial charge in [0.25, 0.3) is 0 Å². The molecule has 1 aliphatic rings. The number of rotatable bonds is 4. The lowest BCUT2D eigenvalue weighted by Crippen LogP contribution is -2.35. The molecule has 1 aliphatic carbocycles. The van der Waals surface area contributed by atoms with Crippen molar-refractivity contribution in [2.45, 2.75) is 31.8 Å². The third-order valence-corrected chi connectivity index (χ3v) is 3.73. The molecular formula is C15H20N2O2. The number of methoxy groups -OCH3 is 1. The number of nitriles is 1. The Balaban J connectivity index is 2.19. The van der Waals surface area contributed by atoms with Gasteiger partial charge in [-0.25, -0.2) is 0 Å². The molecule has 0 aliphatic heterocycles. The molecule has 2 rings (SSSR count). The molecule has 0 radical (unpaired) electrons. The molecule has 2 atom stereocenters. The number of benzene rings is 1. The maximum absolute atomic E-state index is 9.14. The van der Waals surface area contributed by atoms with Crippen LogP contribution >= 0.6 is 0 Å². The van der Waals surface area contributed by atoms with Crippen LogP contribution in [-0.4, -0.2) is 19.8 Å². The molecule has 0 saturated heterocycles. The summed E-state index contributed by atoms with van der Waals surface area (Å²) in [5, 5.41) is 9.14. The zero-order valence-corrected chi connectivity index (χ0v) is 11.3. The summed E-state index contributed by atoms with van der Waals surface area (Å²) >= 11 is 0. The summed E-state index contributed by atoms with van der Waals surface area (Å²) in [6.07, 6.45) is 4.59. The number of hydrogen-bond acceptors (Lipinski definition) is 4. The van der Waals surface area contributed by atoms with Gasteiger partial charge in [-0.2, -0.15) is 5.26 Å². The number of nitrogens with two attached hydrogens (primary N) is 1. The predicted molar refractivity (Wildman–Crippen MR) is 73.1 cm³/mol. The van der Waals surface area contributed by atoms with E-state index < -0.39 is 0 Å². The van der Waals surface area contributed by atoms with Crippen LogP contribution in [0.3, 0.4) is 0 Å². The molecule has 0 spiro atoms. The van der Waals surface area contributed by atoms with E-state index in [1.165, 1.54) is 6.42 Å². The fourth-order valence-corrected chi connectivity index (χ4v) is 2.58. The zero-order chi connectivity index (χ0) is 13.7. The molecule has 1 aromatic rings. The summed E-state index contributed by atoms with van der Waals surface area (Å²) < 4.78 is 11.2. The number of ether oxygens (including phenoxy) is 2. The van der Waals surface area contributed by atoms with Crippen LogP contribution < -0.4 is 15.2 Å². The summed E-state index contributed by atoms with van der Waals surface area (Å²) in [7, 11) is 1.61. The van der Waals surface area contributed by atoms with Gasteiger partial charge in [0.2, 0.25) is 0 Å². The van der Waals surface area contributed by atoms with Crippen molar-refractivity contribution in [3.8, 4) is 17.6 Å². The number of nitrogens with zero attached hydrogens (tertiary/aromatic N) is 1. The van der Waals surface area contributed by atoms with Crippen LogP contribution in [-0.2, 0) is 0 Å². The van der Waals surface area contributed by atoms with Crippen molar-refractivity contribution < 1.29 is 9.47 Å². The topological polar surface area (TPSA) is 68.3 Å². The van der Waals surface area contributed by atoms with Gasteiger partial charge in [0, 0.05) is 12.0 Å². The Hall–Kier alpha value is -1.73. The maximum Gasteiger partial charge on any atom is 0.141 e. The van der Waals surface area contributed by atoms with Crippen LogP contribution in [0.25, 0.3) is 0 Å². The molecule has 0 amide bonds. The lowest BCUT2D eigenvalue weighted by atomic mass is 9.86. The summed E-state index contributed by atoms with van der Waals surface area (Å²) in [5.41, 5.74) is 6.35. The molecule has 2 unspecified atom stereocenters. The molecule has 2 N–H and O–H groups in total. The lowest BCUT2D eigenvalue weighted by molar-refractivity contribution is 0.0964. The van der Waals surface area contributed by atoms with Crippen molar-refractivity contribution in [2.75, 3.05) is 13.7 Å².